The lowest BCUT2D eigenvalue weighted by molar-refractivity contribution is 0.298. The van der Waals surface area contributed by atoms with E-state index in [0.717, 1.165) is 24.5 Å². The molecule has 26 heavy (non-hydrogen) atoms. The first-order valence-corrected chi connectivity index (χ1v) is 8.50. The first-order chi connectivity index (χ1) is 12.1. The first-order valence-electron chi connectivity index (χ1n) is 8.50. The van der Waals surface area contributed by atoms with Gasteiger partial charge in [-0.05, 0) is 43.8 Å². The van der Waals surface area contributed by atoms with E-state index >= 15 is 0 Å². The smallest absolute Gasteiger partial charge is 0.191 e. The van der Waals surface area contributed by atoms with Gasteiger partial charge >= 0.3 is 0 Å². The van der Waals surface area contributed by atoms with Gasteiger partial charge in [0, 0.05) is 20.1 Å². The van der Waals surface area contributed by atoms with Crippen LogP contribution in [0.3, 0.4) is 0 Å². The van der Waals surface area contributed by atoms with E-state index in [4.69, 9.17) is 0 Å². The Morgan fingerprint density at radius 1 is 1.04 bits per heavy atom. The normalized spacial score (nSPS) is 12.4. The van der Waals surface area contributed by atoms with Crippen LogP contribution in [0.15, 0.2) is 59.6 Å². The van der Waals surface area contributed by atoms with Crippen molar-refractivity contribution in [2.24, 2.45) is 4.99 Å². The predicted octanol–water partition coefficient (Wildman–Crippen LogP) is 3.45. The van der Waals surface area contributed by atoms with Crippen LogP contribution in [0.2, 0.25) is 0 Å². The van der Waals surface area contributed by atoms with Crippen molar-refractivity contribution in [1.82, 2.24) is 15.5 Å². The Labute approximate surface area is 172 Å². The zero-order valence-corrected chi connectivity index (χ0v) is 17.9. The molecular formula is C20H28FIN4. The van der Waals surface area contributed by atoms with Crippen molar-refractivity contribution in [2.75, 3.05) is 34.2 Å². The molecule has 2 rings (SSSR count). The average molecular weight is 470 g/mol. The molecule has 0 saturated carbocycles. The Morgan fingerprint density at radius 2 is 1.69 bits per heavy atom. The van der Waals surface area contributed by atoms with Crippen molar-refractivity contribution in [2.45, 2.75) is 12.5 Å². The summed E-state index contributed by atoms with van der Waals surface area (Å²) in [7, 11) is 5.79. The third-order valence-electron chi connectivity index (χ3n) is 4.11. The van der Waals surface area contributed by atoms with Crippen molar-refractivity contribution < 1.29 is 4.39 Å². The fourth-order valence-corrected chi connectivity index (χ4v) is 2.67. The molecule has 0 fully saturated rings. The highest BCUT2D eigenvalue weighted by Crippen LogP contribution is 2.17. The second-order valence-corrected chi connectivity index (χ2v) is 6.15. The van der Waals surface area contributed by atoms with Crippen LogP contribution in [0.1, 0.15) is 17.2 Å². The minimum atomic E-state index is -0.215. The van der Waals surface area contributed by atoms with Crippen molar-refractivity contribution in [1.29, 1.82) is 0 Å². The SMILES string of the molecule is CN=C(NCCc1ccccc1)NCC(c1ccc(F)cc1)N(C)C.I. The Balaban J connectivity index is 0.00000338. The lowest BCUT2D eigenvalue weighted by Crippen LogP contribution is -2.42. The molecule has 4 nitrogen and oxygen atoms in total. The van der Waals surface area contributed by atoms with Crippen molar-refractivity contribution in [3.63, 3.8) is 0 Å². The standard InChI is InChI=1S/C20H27FN4.HI/c1-22-20(23-14-13-16-7-5-4-6-8-16)24-15-19(25(2)3)17-9-11-18(21)12-10-17;/h4-12,19H,13-15H2,1-3H3,(H2,22,23,24);1H. The number of hydrogen-bond acceptors (Lipinski definition) is 2. The maximum Gasteiger partial charge on any atom is 0.191 e. The fourth-order valence-electron chi connectivity index (χ4n) is 2.67. The third kappa shape index (κ3) is 7.29. The molecule has 0 saturated heterocycles. The summed E-state index contributed by atoms with van der Waals surface area (Å²) in [6.45, 7) is 1.50. The van der Waals surface area contributed by atoms with Gasteiger partial charge in [-0.3, -0.25) is 4.99 Å². The molecule has 0 spiro atoms. The van der Waals surface area contributed by atoms with Gasteiger partial charge in [0.1, 0.15) is 5.82 Å². The van der Waals surface area contributed by atoms with Crippen LogP contribution in [0.25, 0.3) is 0 Å². The second kappa shape index (κ2) is 11.9. The number of nitrogens with one attached hydrogen (secondary N) is 2. The van der Waals surface area contributed by atoms with Crippen LogP contribution >= 0.6 is 24.0 Å². The van der Waals surface area contributed by atoms with E-state index in [1.54, 1.807) is 7.05 Å². The molecule has 0 bridgehead atoms. The molecule has 0 aromatic heterocycles. The summed E-state index contributed by atoms with van der Waals surface area (Å²) in [5, 5.41) is 6.69. The zero-order valence-electron chi connectivity index (χ0n) is 15.6. The van der Waals surface area contributed by atoms with E-state index < -0.39 is 0 Å². The minimum Gasteiger partial charge on any atom is -0.356 e. The molecule has 2 aromatic rings. The maximum absolute atomic E-state index is 13.1. The predicted molar refractivity (Wildman–Crippen MR) is 118 cm³/mol. The van der Waals surface area contributed by atoms with Crippen LogP contribution < -0.4 is 10.6 Å². The average Bonchev–Trinajstić information content (AvgIpc) is 2.62. The first kappa shape index (κ1) is 22.4. The van der Waals surface area contributed by atoms with E-state index in [9.17, 15) is 4.39 Å². The molecular weight excluding hydrogens is 442 g/mol. The molecule has 0 heterocycles. The molecule has 0 aliphatic heterocycles. The Kier molecular flexibility index (Phi) is 10.2. The number of aliphatic imine (C=N–C) groups is 1. The van der Waals surface area contributed by atoms with Gasteiger partial charge in [0.05, 0.1) is 6.04 Å². The lowest BCUT2D eigenvalue weighted by Gasteiger charge is -2.26. The molecule has 0 aliphatic carbocycles. The molecule has 1 unspecified atom stereocenters. The van der Waals surface area contributed by atoms with Crippen molar-refractivity contribution >= 4 is 29.9 Å². The molecule has 2 N–H and O–H groups in total. The fraction of sp³-hybridized carbons (Fsp3) is 0.350. The van der Waals surface area contributed by atoms with Crippen LogP contribution in [0, 0.1) is 5.82 Å². The summed E-state index contributed by atoms with van der Waals surface area (Å²) in [6.07, 6.45) is 0.941. The number of halogens is 2. The van der Waals surface area contributed by atoms with Gasteiger partial charge in [-0.25, -0.2) is 4.39 Å². The Hall–Kier alpha value is -1.67. The second-order valence-electron chi connectivity index (χ2n) is 6.15. The number of nitrogens with zero attached hydrogens (tertiary/aromatic N) is 2. The quantitative estimate of drug-likeness (QED) is 0.370. The number of hydrogen-bond donors (Lipinski definition) is 2. The Bertz CT molecular complexity index is 659. The summed E-state index contributed by atoms with van der Waals surface area (Å²) in [5.74, 6) is 0.553. The highest BCUT2D eigenvalue weighted by atomic mass is 127. The van der Waals surface area contributed by atoms with Crippen molar-refractivity contribution in [3.05, 3.63) is 71.5 Å². The summed E-state index contributed by atoms with van der Waals surface area (Å²) < 4.78 is 13.1. The van der Waals surface area contributed by atoms with Gasteiger partial charge in [-0.2, -0.15) is 0 Å². The van der Waals surface area contributed by atoms with Crippen molar-refractivity contribution in [3.8, 4) is 0 Å². The minimum absolute atomic E-state index is 0. The van der Waals surface area contributed by atoms with Crippen LogP contribution in [-0.2, 0) is 6.42 Å². The molecule has 2 aromatic carbocycles. The lowest BCUT2D eigenvalue weighted by atomic mass is 10.1. The van der Waals surface area contributed by atoms with Crippen LogP contribution in [0.4, 0.5) is 4.39 Å². The third-order valence-corrected chi connectivity index (χ3v) is 4.11. The van der Waals surface area contributed by atoms with Gasteiger partial charge in [-0.15, -0.1) is 24.0 Å². The summed E-state index contributed by atoms with van der Waals surface area (Å²) in [5.41, 5.74) is 2.36. The van der Waals surface area contributed by atoms with Gasteiger partial charge in [0.25, 0.3) is 0 Å². The summed E-state index contributed by atoms with van der Waals surface area (Å²) >= 11 is 0. The van der Waals surface area contributed by atoms with E-state index in [-0.39, 0.29) is 35.8 Å². The number of rotatable bonds is 7. The highest BCUT2D eigenvalue weighted by molar-refractivity contribution is 14.0. The summed E-state index contributed by atoms with van der Waals surface area (Å²) in [6, 6.07) is 17.1. The molecule has 0 aliphatic rings. The molecule has 6 heteroatoms. The van der Waals surface area contributed by atoms with Crippen LogP contribution in [-0.4, -0.2) is 45.1 Å². The van der Waals surface area contributed by atoms with E-state index in [1.807, 2.05) is 44.4 Å². The highest BCUT2D eigenvalue weighted by Gasteiger charge is 2.14. The van der Waals surface area contributed by atoms with E-state index in [2.05, 4.69) is 32.7 Å². The summed E-state index contributed by atoms with van der Waals surface area (Å²) in [4.78, 5) is 6.38. The molecule has 1 atom stereocenters. The molecule has 0 radical (unpaired) electrons. The van der Waals surface area contributed by atoms with Gasteiger partial charge in [0.2, 0.25) is 0 Å². The van der Waals surface area contributed by atoms with E-state index in [0.29, 0.717) is 6.54 Å². The van der Waals surface area contributed by atoms with Gasteiger partial charge in [0.15, 0.2) is 5.96 Å². The molecule has 0 amide bonds. The Morgan fingerprint density at radius 3 is 2.27 bits per heavy atom. The number of benzene rings is 2. The largest absolute Gasteiger partial charge is 0.356 e. The van der Waals surface area contributed by atoms with Gasteiger partial charge in [-0.1, -0.05) is 42.5 Å². The van der Waals surface area contributed by atoms with E-state index in [1.165, 1.54) is 17.7 Å². The molecule has 142 valence electrons. The monoisotopic (exact) mass is 470 g/mol. The van der Waals surface area contributed by atoms with Gasteiger partial charge < -0.3 is 15.5 Å². The number of likely N-dealkylation sites (N-methyl/N-ethyl adjacent to an activating group) is 1. The zero-order chi connectivity index (χ0) is 18.1. The maximum atomic E-state index is 13.1. The topological polar surface area (TPSA) is 39.7 Å². The number of guanidine groups is 1. The van der Waals surface area contributed by atoms with Crippen LogP contribution in [0.5, 0.6) is 0 Å².